The van der Waals surface area contributed by atoms with Crippen molar-refractivity contribution in [2.45, 2.75) is 32.2 Å². The number of hydrogen-bond donors (Lipinski definition) is 2. The van der Waals surface area contributed by atoms with Crippen LogP contribution in [0.25, 0.3) is 5.57 Å². The van der Waals surface area contributed by atoms with E-state index < -0.39 is 6.16 Å². The van der Waals surface area contributed by atoms with Crippen molar-refractivity contribution in [1.82, 2.24) is 10.6 Å². The number of piperidine rings is 1. The highest BCUT2D eigenvalue weighted by molar-refractivity contribution is 9.10. The third kappa shape index (κ3) is 3.36. The summed E-state index contributed by atoms with van der Waals surface area (Å²) in [6.07, 6.45) is 1.15. The number of nitrogens with one attached hydrogen (secondary N) is 2. The fourth-order valence-corrected chi connectivity index (χ4v) is 3.85. The van der Waals surface area contributed by atoms with Gasteiger partial charge in [-0.1, -0.05) is 22.0 Å². The topological polar surface area (TPSA) is 59.6 Å². The molecule has 2 aliphatic rings. The number of carbonyl (C=O) groups is 1. The van der Waals surface area contributed by atoms with Crippen LogP contribution in [0.15, 0.2) is 28.4 Å². The molecule has 0 amide bonds. The van der Waals surface area contributed by atoms with Crippen LogP contribution in [0.2, 0.25) is 0 Å². The molecule has 3 rings (SSSR count). The first-order valence-corrected chi connectivity index (χ1v) is 9.15. The van der Waals surface area contributed by atoms with E-state index in [9.17, 15) is 4.79 Å². The molecule has 0 aromatic heterocycles. The average Bonchev–Trinajstić information content (AvgIpc) is 2.89. The van der Waals surface area contributed by atoms with Gasteiger partial charge in [-0.3, -0.25) is 0 Å². The van der Waals surface area contributed by atoms with E-state index in [1.807, 2.05) is 6.07 Å². The average molecular weight is 395 g/mol. The molecule has 1 aromatic carbocycles. The first-order valence-electron chi connectivity index (χ1n) is 8.36. The zero-order valence-electron chi connectivity index (χ0n) is 14.1. The number of rotatable bonds is 3. The van der Waals surface area contributed by atoms with Gasteiger partial charge in [0.2, 0.25) is 0 Å². The van der Waals surface area contributed by atoms with Gasteiger partial charge < -0.3 is 20.1 Å². The summed E-state index contributed by atoms with van der Waals surface area (Å²) >= 11 is 3.54. The van der Waals surface area contributed by atoms with Crippen LogP contribution < -0.4 is 10.6 Å². The number of carbonyl (C=O) groups excluding carboxylic acids is 1. The van der Waals surface area contributed by atoms with E-state index in [4.69, 9.17) is 9.47 Å². The third-order valence-electron chi connectivity index (χ3n) is 4.74. The van der Waals surface area contributed by atoms with Crippen LogP contribution in [0, 0.1) is 6.92 Å². The number of aryl methyl sites for hydroxylation is 1. The van der Waals surface area contributed by atoms with Crippen molar-refractivity contribution >= 4 is 27.7 Å². The normalized spacial score (nSPS) is 19.6. The van der Waals surface area contributed by atoms with E-state index in [2.05, 4.69) is 45.6 Å². The molecule has 1 fully saturated rings. The summed E-state index contributed by atoms with van der Waals surface area (Å²) in [6, 6.07) is 6.18. The van der Waals surface area contributed by atoms with Gasteiger partial charge in [-0.25, -0.2) is 4.79 Å². The molecule has 0 unspecified atom stereocenters. The molecule has 2 aliphatic heterocycles. The van der Waals surface area contributed by atoms with Gasteiger partial charge in [0.1, 0.15) is 5.76 Å². The molecular weight excluding hydrogens is 372 g/mol. The maximum absolute atomic E-state index is 12.0. The molecule has 0 radical (unpaired) electrons. The Labute approximate surface area is 150 Å². The van der Waals surface area contributed by atoms with Crippen molar-refractivity contribution in [3.05, 3.63) is 39.6 Å². The number of halogens is 1. The predicted molar refractivity (Wildman–Crippen MR) is 96.7 cm³/mol. The molecule has 0 aliphatic carbocycles. The Hall–Kier alpha value is -1.37. The summed E-state index contributed by atoms with van der Waals surface area (Å²) in [6.45, 7) is 6.64. The van der Waals surface area contributed by atoms with Crippen LogP contribution >= 0.6 is 15.9 Å². The second-order valence-corrected chi connectivity index (χ2v) is 7.15. The first-order chi connectivity index (χ1) is 11.6. The van der Waals surface area contributed by atoms with Gasteiger partial charge in [-0.15, -0.1) is 0 Å². The Morgan fingerprint density at radius 2 is 2.08 bits per heavy atom. The standard InChI is InChI=1S/C18H23BrN2O3/c1-3-23-17(22)24-16-15(14-10-13(19)5-4-12(14)2)11-21-18(16)6-8-20-9-7-18/h4-5,10,20-21H,3,6-9,11H2,1-2H3. The van der Waals surface area contributed by atoms with Crippen molar-refractivity contribution in [3.8, 4) is 0 Å². The van der Waals surface area contributed by atoms with Gasteiger partial charge in [0.05, 0.1) is 12.1 Å². The van der Waals surface area contributed by atoms with Crippen molar-refractivity contribution in [2.75, 3.05) is 26.2 Å². The SMILES string of the molecule is CCOC(=O)OC1=C(c2cc(Br)ccc2C)CNC12CCNCC2. The largest absolute Gasteiger partial charge is 0.513 e. The minimum atomic E-state index is -0.626. The molecule has 0 saturated carbocycles. The maximum Gasteiger partial charge on any atom is 0.513 e. The summed E-state index contributed by atoms with van der Waals surface area (Å²) < 4.78 is 11.8. The smallest absolute Gasteiger partial charge is 0.434 e. The van der Waals surface area contributed by atoms with Gasteiger partial charge >= 0.3 is 6.16 Å². The van der Waals surface area contributed by atoms with E-state index in [0.717, 1.165) is 52.9 Å². The lowest BCUT2D eigenvalue weighted by Crippen LogP contribution is -2.51. The van der Waals surface area contributed by atoms with Crippen molar-refractivity contribution in [2.24, 2.45) is 0 Å². The van der Waals surface area contributed by atoms with E-state index in [1.165, 1.54) is 0 Å². The molecule has 2 N–H and O–H groups in total. The van der Waals surface area contributed by atoms with Gasteiger partial charge in [-0.2, -0.15) is 0 Å². The molecule has 24 heavy (non-hydrogen) atoms. The lowest BCUT2D eigenvalue weighted by molar-refractivity contribution is 0.0675. The minimum Gasteiger partial charge on any atom is -0.434 e. The number of benzene rings is 1. The first kappa shape index (κ1) is 17.5. The van der Waals surface area contributed by atoms with Crippen LogP contribution in [0.1, 0.15) is 30.9 Å². The summed E-state index contributed by atoms with van der Waals surface area (Å²) in [4.78, 5) is 12.0. The Balaban J connectivity index is 2.04. The molecule has 130 valence electrons. The number of hydrogen-bond acceptors (Lipinski definition) is 5. The fourth-order valence-electron chi connectivity index (χ4n) is 3.49. The van der Waals surface area contributed by atoms with Crippen LogP contribution in [0.3, 0.4) is 0 Å². The van der Waals surface area contributed by atoms with Crippen LogP contribution in [-0.4, -0.2) is 37.9 Å². The van der Waals surface area contributed by atoms with Crippen molar-refractivity contribution < 1.29 is 14.3 Å². The fraction of sp³-hybridized carbons (Fsp3) is 0.500. The van der Waals surface area contributed by atoms with Crippen molar-refractivity contribution in [3.63, 3.8) is 0 Å². The highest BCUT2D eigenvalue weighted by atomic mass is 79.9. The third-order valence-corrected chi connectivity index (χ3v) is 5.23. The molecule has 1 aromatic rings. The van der Waals surface area contributed by atoms with Gasteiger partial charge in [-0.05, 0) is 63.0 Å². The van der Waals surface area contributed by atoms with E-state index in [0.29, 0.717) is 13.2 Å². The Kier molecular flexibility index (Phi) is 5.27. The lowest BCUT2D eigenvalue weighted by Gasteiger charge is -2.35. The molecule has 6 heteroatoms. The predicted octanol–water partition coefficient (Wildman–Crippen LogP) is 3.37. The molecule has 1 saturated heterocycles. The van der Waals surface area contributed by atoms with Crippen LogP contribution in [0.4, 0.5) is 4.79 Å². The zero-order valence-corrected chi connectivity index (χ0v) is 15.7. The Morgan fingerprint density at radius 3 is 2.79 bits per heavy atom. The molecule has 0 atom stereocenters. The van der Waals surface area contributed by atoms with Crippen molar-refractivity contribution in [1.29, 1.82) is 0 Å². The maximum atomic E-state index is 12.0. The monoisotopic (exact) mass is 394 g/mol. The highest BCUT2D eigenvalue weighted by Crippen LogP contribution is 2.40. The van der Waals surface area contributed by atoms with Gasteiger partial charge in [0, 0.05) is 16.6 Å². The summed E-state index contributed by atoms with van der Waals surface area (Å²) in [5.41, 5.74) is 3.02. The van der Waals surface area contributed by atoms with E-state index >= 15 is 0 Å². The summed E-state index contributed by atoms with van der Waals surface area (Å²) in [5, 5.41) is 6.97. The number of ether oxygens (including phenoxy) is 2. The van der Waals surface area contributed by atoms with Gasteiger partial charge in [0.15, 0.2) is 0 Å². The van der Waals surface area contributed by atoms with Gasteiger partial charge in [0.25, 0.3) is 0 Å². The molecule has 0 bridgehead atoms. The molecule has 2 heterocycles. The Bertz CT molecular complexity index is 666. The molecule has 1 spiro atoms. The Morgan fingerprint density at radius 1 is 1.33 bits per heavy atom. The quantitative estimate of drug-likeness (QED) is 0.769. The second kappa shape index (κ2) is 7.25. The van der Waals surface area contributed by atoms with Crippen LogP contribution in [-0.2, 0) is 9.47 Å². The lowest BCUT2D eigenvalue weighted by atomic mass is 9.86. The van der Waals surface area contributed by atoms with E-state index in [-0.39, 0.29) is 5.54 Å². The summed E-state index contributed by atoms with van der Waals surface area (Å²) in [7, 11) is 0. The molecular formula is C18H23BrN2O3. The van der Waals surface area contributed by atoms with E-state index in [1.54, 1.807) is 6.92 Å². The van der Waals surface area contributed by atoms with Crippen LogP contribution in [0.5, 0.6) is 0 Å². The second-order valence-electron chi connectivity index (χ2n) is 6.24. The highest BCUT2D eigenvalue weighted by Gasteiger charge is 2.44. The zero-order chi connectivity index (χ0) is 17.2. The minimum absolute atomic E-state index is 0.290. The summed E-state index contributed by atoms with van der Waals surface area (Å²) in [5.74, 6) is 0.726. The molecule has 5 nitrogen and oxygen atoms in total.